The van der Waals surface area contributed by atoms with Gasteiger partial charge in [0.2, 0.25) is 5.82 Å². The minimum absolute atomic E-state index is 0.0760. The molecule has 0 saturated heterocycles. The van der Waals surface area contributed by atoms with E-state index in [0.717, 1.165) is 6.07 Å². The van der Waals surface area contributed by atoms with Crippen molar-refractivity contribution in [3.05, 3.63) is 52.1 Å². The molecule has 0 aliphatic rings. The molecule has 0 saturated carbocycles. The Morgan fingerprint density at radius 1 is 1.32 bits per heavy atom. The average Bonchev–Trinajstić information content (AvgIpc) is 3.00. The number of hydrogen-bond acceptors (Lipinski definition) is 6. The van der Waals surface area contributed by atoms with Gasteiger partial charge < -0.3 is 0 Å². The van der Waals surface area contributed by atoms with Crippen molar-refractivity contribution in [3.63, 3.8) is 0 Å². The van der Waals surface area contributed by atoms with Gasteiger partial charge in [0.25, 0.3) is 5.69 Å². The van der Waals surface area contributed by atoms with Crippen molar-refractivity contribution in [1.82, 2.24) is 25.6 Å². The molecule has 0 amide bonds. The number of pyridine rings is 1. The first-order chi connectivity index (χ1) is 10.6. The van der Waals surface area contributed by atoms with E-state index in [1.165, 1.54) is 12.3 Å². The topological polar surface area (TPSA) is 110 Å². The lowest BCUT2D eigenvalue weighted by atomic mass is 9.98. The van der Waals surface area contributed by atoms with Crippen LogP contribution in [0.2, 0.25) is 0 Å². The Morgan fingerprint density at radius 2 is 2.14 bits per heavy atom. The van der Waals surface area contributed by atoms with Gasteiger partial charge in [0.05, 0.1) is 11.0 Å². The van der Waals surface area contributed by atoms with Crippen LogP contribution in [0, 0.1) is 22.9 Å². The van der Waals surface area contributed by atoms with Crippen LogP contribution in [-0.4, -0.2) is 30.5 Å². The summed E-state index contributed by atoms with van der Waals surface area (Å²) in [5.74, 6) is -0.660. The molecule has 0 atom stereocenters. The van der Waals surface area contributed by atoms with Crippen molar-refractivity contribution in [3.8, 4) is 22.5 Å². The Morgan fingerprint density at radius 3 is 2.77 bits per heavy atom. The van der Waals surface area contributed by atoms with Crippen molar-refractivity contribution >= 4 is 5.69 Å². The molecule has 2 aromatic heterocycles. The summed E-state index contributed by atoms with van der Waals surface area (Å²) < 4.78 is 14.5. The first-order valence-electron chi connectivity index (χ1n) is 6.21. The molecule has 3 aromatic rings. The number of aromatic amines is 1. The van der Waals surface area contributed by atoms with Crippen molar-refractivity contribution in [1.29, 1.82) is 0 Å². The van der Waals surface area contributed by atoms with Gasteiger partial charge >= 0.3 is 0 Å². The van der Waals surface area contributed by atoms with E-state index in [4.69, 9.17) is 0 Å². The number of aryl methyl sites for hydroxylation is 1. The van der Waals surface area contributed by atoms with Crippen LogP contribution in [0.1, 0.15) is 5.69 Å². The maximum Gasteiger partial charge on any atom is 0.273 e. The highest BCUT2D eigenvalue weighted by atomic mass is 19.1. The monoisotopic (exact) mass is 300 g/mol. The summed E-state index contributed by atoms with van der Waals surface area (Å²) in [6.45, 7) is 1.76. The van der Waals surface area contributed by atoms with Gasteiger partial charge in [-0.3, -0.25) is 15.1 Å². The normalized spacial score (nSPS) is 10.6. The van der Waals surface area contributed by atoms with Crippen molar-refractivity contribution < 1.29 is 9.31 Å². The molecule has 0 aliphatic heterocycles. The molecular formula is C13H9FN6O2. The maximum atomic E-state index is 14.5. The molecule has 2 heterocycles. The number of tetrazole rings is 1. The second-order valence-corrected chi connectivity index (χ2v) is 4.53. The van der Waals surface area contributed by atoms with E-state index in [2.05, 4.69) is 25.6 Å². The van der Waals surface area contributed by atoms with E-state index in [1.807, 2.05) is 0 Å². The molecule has 22 heavy (non-hydrogen) atoms. The summed E-state index contributed by atoms with van der Waals surface area (Å²) in [6, 6.07) is 5.38. The second-order valence-electron chi connectivity index (χ2n) is 4.53. The number of non-ortho nitro benzene ring substituents is 1. The predicted octanol–water partition coefficient (Wildman–Crippen LogP) is 2.28. The number of hydrogen-bond donors (Lipinski definition) is 1. The lowest BCUT2D eigenvalue weighted by molar-refractivity contribution is -0.385. The zero-order valence-electron chi connectivity index (χ0n) is 11.3. The summed E-state index contributed by atoms with van der Waals surface area (Å²) in [7, 11) is 0. The fourth-order valence-corrected chi connectivity index (χ4v) is 2.14. The summed E-state index contributed by atoms with van der Waals surface area (Å²) in [5, 5.41) is 24.2. The first-order valence-corrected chi connectivity index (χ1v) is 6.21. The van der Waals surface area contributed by atoms with Crippen LogP contribution in [-0.2, 0) is 0 Å². The smallest absolute Gasteiger partial charge is 0.262 e. The van der Waals surface area contributed by atoms with Gasteiger partial charge in [-0.15, -0.1) is 10.2 Å². The van der Waals surface area contributed by atoms with E-state index in [0.29, 0.717) is 11.3 Å². The number of H-pyrrole nitrogens is 1. The minimum Gasteiger partial charge on any atom is -0.262 e. The van der Waals surface area contributed by atoms with Gasteiger partial charge in [-0.05, 0) is 29.8 Å². The number of nitrogens with one attached hydrogen (secondary N) is 1. The lowest BCUT2D eigenvalue weighted by Crippen LogP contribution is -1.97. The predicted molar refractivity (Wildman–Crippen MR) is 74.2 cm³/mol. The molecule has 110 valence electrons. The SMILES string of the molecule is Cc1cc(-c2c(F)cc([N+](=O)[O-])cc2-c2nn[nH]n2)ccn1. The second kappa shape index (κ2) is 5.28. The summed E-state index contributed by atoms with van der Waals surface area (Å²) >= 11 is 0. The van der Waals surface area contributed by atoms with Crippen LogP contribution in [0.3, 0.4) is 0 Å². The minimum atomic E-state index is -0.736. The first kappa shape index (κ1) is 13.7. The van der Waals surface area contributed by atoms with Crippen LogP contribution in [0.4, 0.5) is 10.1 Å². The van der Waals surface area contributed by atoms with Gasteiger partial charge in [0, 0.05) is 29.1 Å². The number of nitrogens with zero attached hydrogens (tertiary/aromatic N) is 5. The molecule has 0 fully saturated rings. The van der Waals surface area contributed by atoms with Crippen molar-refractivity contribution in [2.75, 3.05) is 0 Å². The van der Waals surface area contributed by atoms with Crippen molar-refractivity contribution in [2.24, 2.45) is 0 Å². The zero-order valence-corrected chi connectivity index (χ0v) is 11.3. The molecule has 0 aliphatic carbocycles. The van der Waals surface area contributed by atoms with E-state index in [-0.39, 0.29) is 22.6 Å². The van der Waals surface area contributed by atoms with Crippen LogP contribution < -0.4 is 0 Å². The molecule has 9 heteroatoms. The van der Waals surface area contributed by atoms with Gasteiger partial charge in [-0.2, -0.15) is 5.21 Å². The van der Waals surface area contributed by atoms with Gasteiger partial charge in [0.1, 0.15) is 5.82 Å². The number of benzene rings is 1. The van der Waals surface area contributed by atoms with E-state index in [9.17, 15) is 14.5 Å². The standard InChI is InChI=1S/C13H9FN6O2/c1-7-4-8(2-3-15-7)12-10(13-16-18-19-17-13)5-9(20(21)22)6-11(12)14/h2-6H,1H3,(H,16,17,18,19). The molecule has 0 unspecified atom stereocenters. The fraction of sp³-hybridized carbons (Fsp3) is 0.0769. The van der Waals surface area contributed by atoms with E-state index in [1.54, 1.807) is 19.1 Å². The van der Waals surface area contributed by atoms with E-state index >= 15 is 0 Å². The molecule has 3 rings (SSSR count). The van der Waals surface area contributed by atoms with Crippen molar-refractivity contribution in [2.45, 2.75) is 6.92 Å². The molecule has 1 N–H and O–H groups in total. The Labute approximate surface area is 123 Å². The third-order valence-corrected chi connectivity index (χ3v) is 3.06. The summed E-state index contributed by atoms with van der Waals surface area (Å²) in [4.78, 5) is 14.3. The zero-order chi connectivity index (χ0) is 15.7. The Kier molecular flexibility index (Phi) is 3.30. The Balaban J connectivity index is 2.31. The van der Waals surface area contributed by atoms with Crippen LogP contribution in [0.15, 0.2) is 30.5 Å². The van der Waals surface area contributed by atoms with E-state index < -0.39 is 10.7 Å². The summed E-state index contributed by atoms with van der Waals surface area (Å²) in [5.41, 5.74) is 1.18. The fourth-order valence-electron chi connectivity index (χ4n) is 2.14. The number of nitro groups is 1. The summed E-state index contributed by atoms with van der Waals surface area (Å²) in [6.07, 6.45) is 1.53. The van der Waals surface area contributed by atoms with Gasteiger partial charge in [-0.1, -0.05) is 0 Å². The highest BCUT2D eigenvalue weighted by Crippen LogP contribution is 2.35. The molecule has 1 aromatic carbocycles. The molecular weight excluding hydrogens is 291 g/mol. The van der Waals surface area contributed by atoms with Crippen LogP contribution in [0.25, 0.3) is 22.5 Å². The third-order valence-electron chi connectivity index (χ3n) is 3.06. The van der Waals surface area contributed by atoms with Gasteiger partial charge in [0.15, 0.2) is 0 Å². The largest absolute Gasteiger partial charge is 0.273 e. The highest BCUT2D eigenvalue weighted by Gasteiger charge is 2.21. The number of aromatic nitrogens is 5. The van der Waals surface area contributed by atoms with Crippen LogP contribution in [0.5, 0.6) is 0 Å². The van der Waals surface area contributed by atoms with Crippen LogP contribution >= 0.6 is 0 Å². The molecule has 8 nitrogen and oxygen atoms in total. The number of halogens is 1. The Bertz CT molecular complexity index is 850. The molecule has 0 radical (unpaired) electrons. The lowest BCUT2D eigenvalue weighted by Gasteiger charge is -2.09. The maximum absolute atomic E-state index is 14.5. The quantitative estimate of drug-likeness (QED) is 0.587. The molecule has 0 spiro atoms. The average molecular weight is 300 g/mol. The van der Waals surface area contributed by atoms with Gasteiger partial charge in [-0.25, -0.2) is 4.39 Å². The number of nitro benzene ring substituents is 1. The number of rotatable bonds is 3. The third kappa shape index (κ3) is 2.39. The Hall–Kier alpha value is -3.23. The highest BCUT2D eigenvalue weighted by molar-refractivity contribution is 5.82. The molecule has 0 bridgehead atoms.